The molecule has 1 heterocycles. The van der Waals surface area contributed by atoms with Crippen LogP contribution in [0.3, 0.4) is 0 Å². The lowest BCUT2D eigenvalue weighted by Crippen LogP contribution is -2.84. The summed E-state index contributed by atoms with van der Waals surface area (Å²) in [5, 5.41) is 4.98. The zero-order chi connectivity index (χ0) is 24.7. The van der Waals surface area contributed by atoms with Crippen LogP contribution >= 0.6 is 23.2 Å². The zero-order valence-electron chi connectivity index (χ0n) is 17.3. The van der Waals surface area contributed by atoms with Crippen LogP contribution in [0.25, 0.3) is 0 Å². The molecule has 0 unspecified atom stereocenters. The Labute approximate surface area is 200 Å². The summed E-state index contributed by atoms with van der Waals surface area (Å²) in [4.78, 5) is 27.6. The van der Waals surface area contributed by atoms with E-state index in [0.29, 0.717) is 19.3 Å². The fraction of sp³-hybridized carbons (Fsp3) is 0.381. The third-order valence-electron chi connectivity index (χ3n) is 5.56. The number of hydrogen-bond acceptors (Lipinski definition) is 5. The minimum Gasteiger partial charge on any atom is -0.484 e. The molecule has 13 heteroatoms. The third kappa shape index (κ3) is 5.15. The number of rotatable bonds is 8. The molecule has 3 saturated carbocycles. The summed E-state index contributed by atoms with van der Waals surface area (Å²) in [6.07, 6.45) is -2.31. The van der Waals surface area contributed by atoms with E-state index in [2.05, 4.69) is 15.6 Å². The number of benzene rings is 1. The fourth-order valence-corrected chi connectivity index (χ4v) is 4.67. The van der Waals surface area contributed by atoms with E-state index >= 15 is 0 Å². The van der Waals surface area contributed by atoms with Gasteiger partial charge in [-0.25, -0.2) is 9.37 Å². The van der Waals surface area contributed by atoms with Crippen LogP contribution in [0, 0.1) is 5.82 Å². The van der Waals surface area contributed by atoms with Gasteiger partial charge in [-0.05, 0) is 31.4 Å². The standard InChI is InChI=1S/C21H17Cl2F4N3O4/c22-13-2-1-11(4-15(13)24)33-6-16(31)29-19-8-20(9-19,10-19)30-17(32)7-34-12-3-14(23)18(28-5-12)21(25,26)27/h1-5H,6-10H2,(H,29,31)(H,30,32). The number of nitrogens with zero attached hydrogens (tertiary/aromatic N) is 1. The van der Waals surface area contributed by atoms with E-state index in [-0.39, 0.29) is 29.0 Å². The van der Waals surface area contributed by atoms with E-state index in [1.165, 1.54) is 12.1 Å². The maximum atomic E-state index is 13.4. The Balaban J connectivity index is 1.18. The van der Waals surface area contributed by atoms with Crippen molar-refractivity contribution in [3.05, 3.63) is 52.0 Å². The molecule has 0 atom stereocenters. The normalized spacial score (nSPS) is 22.8. The van der Waals surface area contributed by atoms with Gasteiger partial charge in [-0.3, -0.25) is 9.59 Å². The SMILES string of the molecule is O=C(COc1ccc(Cl)c(F)c1)NC12CC(NC(=O)COc3cnc(C(F)(F)F)c(Cl)c3)(C1)C2. The molecule has 34 heavy (non-hydrogen) atoms. The van der Waals surface area contributed by atoms with Crippen molar-refractivity contribution in [1.29, 1.82) is 0 Å². The number of carbonyl (C=O) groups is 2. The van der Waals surface area contributed by atoms with E-state index in [1.54, 1.807) is 0 Å². The monoisotopic (exact) mass is 521 g/mol. The third-order valence-corrected chi connectivity index (χ3v) is 6.15. The van der Waals surface area contributed by atoms with E-state index in [0.717, 1.165) is 18.3 Å². The number of amides is 2. The number of alkyl halides is 3. The summed E-state index contributed by atoms with van der Waals surface area (Å²) in [7, 11) is 0. The molecule has 5 rings (SSSR count). The maximum absolute atomic E-state index is 13.4. The Morgan fingerprint density at radius 2 is 1.50 bits per heavy atom. The van der Waals surface area contributed by atoms with Gasteiger partial charge in [0.15, 0.2) is 18.9 Å². The minimum absolute atomic E-state index is 0.0526. The Hall–Kier alpha value is -2.79. The summed E-state index contributed by atoms with van der Waals surface area (Å²) in [6.45, 7) is -0.740. The van der Waals surface area contributed by atoms with Crippen molar-refractivity contribution in [2.45, 2.75) is 36.5 Å². The predicted octanol–water partition coefficient (Wildman–Crippen LogP) is 3.91. The lowest BCUT2D eigenvalue weighted by Gasteiger charge is -2.70. The molecule has 2 aromatic rings. The van der Waals surface area contributed by atoms with Crippen molar-refractivity contribution in [2.75, 3.05) is 13.2 Å². The highest BCUT2D eigenvalue weighted by atomic mass is 35.5. The summed E-state index contributed by atoms with van der Waals surface area (Å²) in [5.74, 6) is -1.41. The van der Waals surface area contributed by atoms with Gasteiger partial charge in [0.25, 0.3) is 11.8 Å². The number of carbonyl (C=O) groups excluding carboxylic acids is 2. The smallest absolute Gasteiger partial charge is 0.434 e. The van der Waals surface area contributed by atoms with Crippen LogP contribution in [0.15, 0.2) is 30.5 Å². The summed E-state index contributed by atoms with van der Waals surface area (Å²) in [5.41, 5.74) is -2.15. The second kappa shape index (κ2) is 8.77. The van der Waals surface area contributed by atoms with Crippen molar-refractivity contribution >= 4 is 35.0 Å². The Bertz CT molecular complexity index is 1130. The fourth-order valence-electron chi connectivity index (χ4n) is 4.29. The average Bonchev–Trinajstić information content (AvgIpc) is 2.69. The molecule has 182 valence electrons. The molecule has 3 aliphatic rings. The molecule has 2 N–H and O–H groups in total. The van der Waals surface area contributed by atoms with Crippen LogP contribution < -0.4 is 20.1 Å². The average molecular weight is 522 g/mol. The summed E-state index contributed by atoms with van der Waals surface area (Å²) in [6, 6.07) is 4.79. The first kappa shape index (κ1) is 24.3. The molecule has 0 spiro atoms. The summed E-state index contributed by atoms with van der Waals surface area (Å²) >= 11 is 11.2. The lowest BCUT2D eigenvalue weighted by molar-refractivity contribution is -0.151. The molecular formula is C21H17Cl2F4N3O4. The van der Waals surface area contributed by atoms with Crippen LogP contribution in [-0.4, -0.2) is 41.1 Å². The maximum Gasteiger partial charge on any atom is 0.434 e. The van der Waals surface area contributed by atoms with Gasteiger partial charge in [-0.15, -0.1) is 0 Å². The van der Waals surface area contributed by atoms with Crippen molar-refractivity contribution in [3.8, 4) is 11.5 Å². The number of hydrogen-bond donors (Lipinski definition) is 2. The Kier molecular flexibility index (Phi) is 6.28. The van der Waals surface area contributed by atoms with Gasteiger partial charge in [0, 0.05) is 23.2 Å². The highest BCUT2D eigenvalue weighted by Crippen LogP contribution is 2.60. The highest BCUT2D eigenvalue weighted by molar-refractivity contribution is 6.31. The van der Waals surface area contributed by atoms with Crippen molar-refractivity contribution in [2.24, 2.45) is 0 Å². The Morgan fingerprint density at radius 3 is 2.00 bits per heavy atom. The first-order valence-electron chi connectivity index (χ1n) is 9.94. The second-order valence-electron chi connectivity index (χ2n) is 8.34. The number of nitrogens with one attached hydrogen (secondary N) is 2. The van der Waals surface area contributed by atoms with Gasteiger partial charge in [-0.2, -0.15) is 13.2 Å². The van der Waals surface area contributed by atoms with E-state index in [9.17, 15) is 27.2 Å². The molecule has 2 amide bonds. The first-order chi connectivity index (χ1) is 15.9. The number of aromatic nitrogens is 1. The first-order valence-corrected chi connectivity index (χ1v) is 10.7. The van der Waals surface area contributed by atoms with Gasteiger partial charge in [0.2, 0.25) is 0 Å². The molecule has 3 aliphatic carbocycles. The Morgan fingerprint density at radius 1 is 0.941 bits per heavy atom. The molecule has 1 aromatic carbocycles. The largest absolute Gasteiger partial charge is 0.484 e. The van der Waals surface area contributed by atoms with E-state index in [1.807, 2.05) is 0 Å². The molecule has 2 bridgehead atoms. The van der Waals surface area contributed by atoms with Crippen LogP contribution in [0.1, 0.15) is 25.0 Å². The van der Waals surface area contributed by atoms with Crippen LogP contribution in [0.4, 0.5) is 17.6 Å². The van der Waals surface area contributed by atoms with E-state index < -0.39 is 46.3 Å². The number of ether oxygens (including phenoxy) is 2. The van der Waals surface area contributed by atoms with Crippen molar-refractivity contribution in [1.82, 2.24) is 15.6 Å². The minimum atomic E-state index is -4.69. The van der Waals surface area contributed by atoms with Gasteiger partial charge < -0.3 is 20.1 Å². The van der Waals surface area contributed by atoms with Gasteiger partial charge in [0.1, 0.15) is 17.3 Å². The molecule has 0 aliphatic heterocycles. The molecule has 0 radical (unpaired) electrons. The van der Waals surface area contributed by atoms with Gasteiger partial charge >= 0.3 is 6.18 Å². The van der Waals surface area contributed by atoms with Gasteiger partial charge in [0.05, 0.1) is 16.2 Å². The predicted molar refractivity (Wildman–Crippen MR) is 112 cm³/mol. The molecule has 1 aromatic heterocycles. The second-order valence-corrected chi connectivity index (χ2v) is 9.15. The van der Waals surface area contributed by atoms with Gasteiger partial charge in [-0.1, -0.05) is 23.2 Å². The highest BCUT2D eigenvalue weighted by Gasteiger charge is 2.69. The van der Waals surface area contributed by atoms with Crippen LogP contribution in [0.2, 0.25) is 10.0 Å². The van der Waals surface area contributed by atoms with Crippen LogP contribution in [0.5, 0.6) is 11.5 Å². The number of pyridine rings is 1. The lowest BCUT2D eigenvalue weighted by atomic mass is 9.44. The molecule has 7 nitrogen and oxygen atoms in total. The zero-order valence-corrected chi connectivity index (χ0v) is 18.8. The summed E-state index contributed by atoms with van der Waals surface area (Å²) < 4.78 is 61.9. The van der Waals surface area contributed by atoms with Crippen molar-refractivity contribution in [3.63, 3.8) is 0 Å². The number of halogens is 6. The van der Waals surface area contributed by atoms with Crippen molar-refractivity contribution < 1.29 is 36.6 Å². The topological polar surface area (TPSA) is 89.6 Å². The molecule has 0 saturated heterocycles. The van der Waals surface area contributed by atoms with Crippen LogP contribution in [-0.2, 0) is 15.8 Å². The van der Waals surface area contributed by atoms with E-state index in [4.69, 9.17) is 32.7 Å². The molecule has 3 fully saturated rings. The quantitative estimate of drug-likeness (QED) is 0.514. The molecular weight excluding hydrogens is 505 g/mol.